The van der Waals surface area contributed by atoms with Gasteiger partial charge in [0.1, 0.15) is 6.04 Å². The zero-order valence-electron chi connectivity index (χ0n) is 16.1. The van der Waals surface area contributed by atoms with Gasteiger partial charge >= 0.3 is 24.3 Å². The average Bonchev–Trinajstić information content (AvgIpc) is 2.63. The van der Waals surface area contributed by atoms with Crippen LogP contribution in [0.2, 0.25) is 0 Å². The Kier molecular flexibility index (Phi) is 8.25. The topological polar surface area (TPSA) is 81.7 Å². The first-order valence-corrected chi connectivity index (χ1v) is 8.41. The second kappa shape index (κ2) is 9.81. The molecule has 0 aliphatic rings. The molecule has 30 heavy (non-hydrogen) atoms. The summed E-state index contributed by atoms with van der Waals surface area (Å²) in [6.45, 7) is 1.41. The van der Waals surface area contributed by atoms with Crippen molar-refractivity contribution in [3.63, 3.8) is 0 Å². The maximum absolute atomic E-state index is 12.9. The number of esters is 2. The van der Waals surface area contributed by atoms with Crippen molar-refractivity contribution in [3.05, 3.63) is 34.9 Å². The number of halogens is 6. The smallest absolute Gasteiger partial charge is 0.416 e. The quantitative estimate of drug-likeness (QED) is 0.518. The maximum Gasteiger partial charge on any atom is 0.416 e. The number of benzene rings is 1. The van der Waals surface area contributed by atoms with Crippen LogP contribution in [0.5, 0.6) is 0 Å². The van der Waals surface area contributed by atoms with Crippen LogP contribution in [0.25, 0.3) is 0 Å². The number of ether oxygens (including phenoxy) is 2. The monoisotopic (exact) mass is 443 g/mol. The Bertz CT molecular complexity index is 758. The van der Waals surface area contributed by atoms with Crippen LogP contribution in [0.15, 0.2) is 18.2 Å². The number of carbonyl (C=O) groups is 3. The van der Waals surface area contributed by atoms with E-state index in [0.717, 1.165) is 14.2 Å². The second-order valence-electron chi connectivity index (χ2n) is 6.42. The van der Waals surface area contributed by atoms with Gasteiger partial charge in [-0.2, -0.15) is 26.3 Å². The van der Waals surface area contributed by atoms with Gasteiger partial charge in [0, 0.05) is 0 Å². The van der Waals surface area contributed by atoms with Crippen LogP contribution >= 0.6 is 0 Å². The van der Waals surface area contributed by atoms with Gasteiger partial charge in [0.05, 0.1) is 38.2 Å². The first-order valence-electron chi connectivity index (χ1n) is 8.41. The van der Waals surface area contributed by atoms with E-state index in [1.807, 2.05) is 0 Å². The Morgan fingerprint density at radius 3 is 1.83 bits per heavy atom. The van der Waals surface area contributed by atoms with E-state index in [0.29, 0.717) is 12.1 Å². The molecule has 1 aromatic carbocycles. The summed E-state index contributed by atoms with van der Waals surface area (Å²) in [7, 11) is 2.11. The molecule has 0 aliphatic carbocycles. The molecule has 0 aromatic heterocycles. The third kappa shape index (κ3) is 7.23. The van der Waals surface area contributed by atoms with Crippen LogP contribution in [0, 0.1) is 5.92 Å². The highest BCUT2D eigenvalue weighted by molar-refractivity contribution is 5.86. The Hall–Kier alpha value is -2.79. The minimum Gasteiger partial charge on any atom is -0.469 e. The summed E-state index contributed by atoms with van der Waals surface area (Å²) in [5.41, 5.74) is -3.69. The molecule has 0 saturated carbocycles. The molecule has 0 saturated heterocycles. The first kappa shape index (κ1) is 25.2. The molecule has 1 N–H and O–H groups in total. The number of hydrogen-bond donors (Lipinski definition) is 1. The lowest BCUT2D eigenvalue weighted by atomic mass is 9.97. The van der Waals surface area contributed by atoms with Gasteiger partial charge in [-0.1, -0.05) is 6.92 Å². The zero-order valence-corrected chi connectivity index (χ0v) is 16.1. The van der Waals surface area contributed by atoms with Crippen LogP contribution < -0.4 is 5.32 Å². The van der Waals surface area contributed by atoms with Crippen molar-refractivity contribution in [1.82, 2.24) is 5.32 Å². The van der Waals surface area contributed by atoms with E-state index >= 15 is 0 Å². The number of carbonyl (C=O) groups excluding carboxylic acids is 3. The van der Waals surface area contributed by atoms with Crippen LogP contribution in [0.4, 0.5) is 26.3 Å². The standard InChI is InChI=1S/C18H19F6NO5/c1-9(4-14(27)29-2)15(16(28)30-3)25-13(26)7-10-5-11(17(19,20)21)8-12(6-10)18(22,23)24/h5-6,8-9,15H,4,7H2,1-3H3,(H,25,26)/t9-,15-/m0/s1. The van der Waals surface area contributed by atoms with E-state index in [2.05, 4.69) is 14.8 Å². The number of hydrogen-bond acceptors (Lipinski definition) is 5. The largest absolute Gasteiger partial charge is 0.469 e. The van der Waals surface area contributed by atoms with Crippen molar-refractivity contribution in [3.8, 4) is 0 Å². The number of rotatable bonds is 7. The van der Waals surface area contributed by atoms with Gasteiger partial charge in [-0.15, -0.1) is 0 Å². The van der Waals surface area contributed by atoms with Crippen LogP contribution in [-0.2, 0) is 42.6 Å². The molecule has 0 aliphatic heterocycles. The Morgan fingerprint density at radius 2 is 1.43 bits per heavy atom. The van der Waals surface area contributed by atoms with Gasteiger partial charge < -0.3 is 14.8 Å². The fraction of sp³-hybridized carbons (Fsp3) is 0.500. The minimum absolute atomic E-state index is 0.0584. The van der Waals surface area contributed by atoms with E-state index in [1.165, 1.54) is 6.92 Å². The fourth-order valence-electron chi connectivity index (χ4n) is 2.56. The molecule has 168 valence electrons. The van der Waals surface area contributed by atoms with Crippen LogP contribution in [0.1, 0.15) is 30.0 Å². The molecule has 1 aromatic rings. The van der Waals surface area contributed by atoms with Crippen molar-refractivity contribution in [2.24, 2.45) is 5.92 Å². The molecule has 1 rings (SSSR count). The lowest BCUT2D eigenvalue weighted by Gasteiger charge is -2.22. The molecule has 0 unspecified atom stereocenters. The van der Waals surface area contributed by atoms with Gasteiger partial charge in [0.15, 0.2) is 0 Å². The molecule has 0 bridgehead atoms. The summed E-state index contributed by atoms with van der Waals surface area (Å²) in [6, 6.07) is -0.592. The normalized spacial score (nSPS) is 13.9. The molecule has 0 spiro atoms. The second-order valence-corrected chi connectivity index (χ2v) is 6.42. The molecule has 0 fully saturated rings. The Labute approximate surface area is 167 Å². The van der Waals surface area contributed by atoms with E-state index in [-0.39, 0.29) is 12.5 Å². The summed E-state index contributed by atoms with van der Waals surface area (Å²) in [5, 5.41) is 2.18. The summed E-state index contributed by atoms with van der Waals surface area (Å²) < 4.78 is 86.5. The molecule has 12 heteroatoms. The third-order valence-electron chi connectivity index (χ3n) is 4.07. The van der Waals surface area contributed by atoms with Gasteiger partial charge in [-0.3, -0.25) is 9.59 Å². The lowest BCUT2D eigenvalue weighted by molar-refractivity contribution is -0.148. The van der Waals surface area contributed by atoms with Crippen LogP contribution in [-0.4, -0.2) is 38.1 Å². The average molecular weight is 443 g/mol. The van der Waals surface area contributed by atoms with Crippen molar-refractivity contribution < 1.29 is 50.2 Å². The van der Waals surface area contributed by atoms with E-state index in [4.69, 9.17) is 0 Å². The highest BCUT2D eigenvalue weighted by Crippen LogP contribution is 2.36. The Balaban J connectivity index is 3.11. The van der Waals surface area contributed by atoms with E-state index < -0.39 is 65.3 Å². The summed E-state index contributed by atoms with van der Waals surface area (Å²) >= 11 is 0. The fourth-order valence-corrected chi connectivity index (χ4v) is 2.56. The molecule has 0 heterocycles. The highest BCUT2D eigenvalue weighted by Gasteiger charge is 2.37. The number of methoxy groups -OCH3 is 2. The number of nitrogens with one attached hydrogen (secondary N) is 1. The minimum atomic E-state index is -5.06. The van der Waals surface area contributed by atoms with Crippen LogP contribution in [0.3, 0.4) is 0 Å². The number of alkyl halides is 6. The van der Waals surface area contributed by atoms with Gasteiger partial charge in [0.2, 0.25) is 5.91 Å². The van der Waals surface area contributed by atoms with Crippen molar-refractivity contribution in [1.29, 1.82) is 0 Å². The van der Waals surface area contributed by atoms with E-state index in [9.17, 15) is 40.7 Å². The van der Waals surface area contributed by atoms with Gasteiger partial charge in [0.25, 0.3) is 0 Å². The SMILES string of the molecule is COC(=O)C[C@H](C)[C@H](NC(=O)Cc1cc(C(F)(F)F)cc(C(F)(F)F)c1)C(=O)OC. The number of amides is 1. The van der Waals surface area contributed by atoms with Crippen molar-refractivity contribution >= 4 is 17.8 Å². The maximum atomic E-state index is 12.9. The summed E-state index contributed by atoms with van der Waals surface area (Å²) in [6.07, 6.45) is -11.3. The predicted molar refractivity (Wildman–Crippen MR) is 89.9 cm³/mol. The highest BCUT2D eigenvalue weighted by atomic mass is 19.4. The third-order valence-corrected chi connectivity index (χ3v) is 4.07. The zero-order chi connectivity index (χ0) is 23.3. The summed E-state index contributed by atoms with van der Waals surface area (Å²) in [4.78, 5) is 35.5. The predicted octanol–water partition coefficient (Wildman–Crippen LogP) is 3.12. The van der Waals surface area contributed by atoms with Gasteiger partial charge in [-0.05, 0) is 29.7 Å². The molecule has 1 amide bonds. The van der Waals surface area contributed by atoms with Gasteiger partial charge in [-0.25, -0.2) is 4.79 Å². The van der Waals surface area contributed by atoms with Crippen molar-refractivity contribution in [2.75, 3.05) is 14.2 Å². The Morgan fingerprint density at radius 1 is 0.933 bits per heavy atom. The summed E-state index contributed by atoms with van der Waals surface area (Å²) in [5.74, 6) is -3.49. The molecule has 2 atom stereocenters. The first-order chi connectivity index (χ1) is 13.7. The molecule has 6 nitrogen and oxygen atoms in total. The van der Waals surface area contributed by atoms with E-state index in [1.54, 1.807) is 0 Å². The lowest BCUT2D eigenvalue weighted by Crippen LogP contribution is -2.47. The molecule has 0 radical (unpaired) electrons. The van der Waals surface area contributed by atoms with Crippen molar-refractivity contribution in [2.45, 2.75) is 38.2 Å². The molecular weight excluding hydrogens is 424 g/mol. The molecular formula is C18H19F6NO5.